The lowest BCUT2D eigenvalue weighted by Crippen LogP contribution is -2.06. The molecule has 0 spiro atoms. The van der Waals surface area contributed by atoms with Gasteiger partial charge in [0.05, 0.1) is 0 Å². The van der Waals surface area contributed by atoms with Gasteiger partial charge in [0.25, 0.3) is 0 Å². The highest BCUT2D eigenvalue weighted by molar-refractivity contribution is 6.10. The van der Waals surface area contributed by atoms with E-state index in [2.05, 4.69) is 0 Å². The van der Waals surface area contributed by atoms with Crippen molar-refractivity contribution in [3.05, 3.63) is 143 Å². The van der Waals surface area contributed by atoms with E-state index in [1.807, 2.05) is 109 Å². The van der Waals surface area contributed by atoms with Gasteiger partial charge in [-0.1, -0.05) is 109 Å². The third-order valence-electron chi connectivity index (χ3n) is 4.94. The van der Waals surface area contributed by atoms with E-state index in [1.165, 1.54) is 0 Å². The predicted octanol–water partition coefficient (Wildman–Crippen LogP) is 5.74. The third kappa shape index (κ3) is 4.22. The predicted molar refractivity (Wildman–Crippen MR) is 115 cm³/mol. The Bertz CT molecular complexity index is 1130. The molecule has 0 N–H and O–H groups in total. The molecule has 0 aliphatic carbocycles. The number of hydrogen-bond acceptors (Lipinski definition) is 2. The van der Waals surface area contributed by atoms with Crippen LogP contribution in [0.1, 0.15) is 43.0 Å². The first kappa shape index (κ1) is 18.6. The molecule has 0 aromatic heterocycles. The minimum absolute atomic E-state index is 0.0109. The fourth-order valence-electron chi connectivity index (χ4n) is 3.39. The van der Waals surface area contributed by atoms with Gasteiger partial charge in [0, 0.05) is 22.3 Å². The zero-order valence-electron chi connectivity index (χ0n) is 15.9. The maximum Gasteiger partial charge on any atom is 0.193 e. The maximum atomic E-state index is 12.9. The van der Waals surface area contributed by atoms with Crippen molar-refractivity contribution in [2.24, 2.45) is 0 Å². The highest BCUT2D eigenvalue weighted by atomic mass is 16.1. The molecule has 4 aromatic carbocycles. The molecular formula is C27H20O2. The molecule has 0 unspecified atom stereocenters. The largest absolute Gasteiger partial charge is 0.289 e. The zero-order valence-corrected chi connectivity index (χ0v) is 15.9. The molecule has 0 radical (unpaired) electrons. The number of hydrogen-bond donors (Lipinski definition) is 0. The van der Waals surface area contributed by atoms with E-state index >= 15 is 0 Å². The van der Waals surface area contributed by atoms with E-state index < -0.39 is 0 Å². The summed E-state index contributed by atoms with van der Waals surface area (Å²) in [6, 6.07) is 33.9. The van der Waals surface area contributed by atoms with Crippen molar-refractivity contribution in [2.75, 3.05) is 0 Å². The van der Waals surface area contributed by atoms with Gasteiger partial charge in [0.2, 0.25) is 0 Å². The fraction of sp³-hybridized carbons (Fsp3) is 0.0370. The molecule has 0 amide bonds. The SMILES string of the molecule is O=C(c1ccccc1)c1ccc(Cc2ccccc2C(=O)c2ccccc2)cc1. The first-order valence-electron chi connectivity index (χ1n) is 9.59. The molecule has 0 fully saturated rings. The highest BCUT2D eigenvalue weighted by Gasteiger charge is 2.14. The van der Waals surface area contributed by atoms with Crippen LogP contribution in [0.4, 0.5) is 0 Å². The van der Waals surface area contributed by atoms with E-state index in [-0.39, 0.29) is 11.6 Å². The van der Waals surface area contributed by atoms with Gasteiger partial charge in [-0.05, 0) is 17.5 Å². The molecule has 0 heterocycles. The lowest BCUT2D eigenvalue weighted by atomic mass is 9.93. The van der Waals surface area contributed by atoms with Crippen molar-refractivity contribution in [1.29, 1.82) is 0 Å². The molecule has 0 saturated carbocycles. The number of carbonyl (C=O) groups is 2. The van der Waals surface area contributed by atoms with Crippen LogP contribution in [0, 0.1) is 0 Å². The van der Waals surface area contributed by atoms with Crippen molar-refractivity contribution in [3.8, 4) is 0 Å². The van der Waals surface area contributed by atoms with Gasteiger partial charge in [0.1, 0.15) is 0 Å². The monoisotopic (exact) mass is 376 g/mol. The van der Waals surface area contributed by atoms with Crippen molar-refractivity contribution in [3.63, 3.8) is 0 Å². The van der Waals surface area contributed by atoms with Gasteiger partial charge < -0.3 is 0 Å². The Morgan fingerprint density at radius 3 is 1.59 bits per heavy atom. The van der Waals surface area contributed by atoms with Crippen LogP contribution in [-0.4, -0.2) is 11.6 Å². The molecule has 29 heavy (non-hydrogen) atoms. The Morgan fingerprint density at radius 1 is 0.483 bits per heavy atom. The molecule has 2 heteroatoms. The van der Waals surface area contributed by atoms with Gasteiger partial charge in [0.15, 0.2) is 11.6 Å². The second-order valence-corrected chi connectivity index (χ2v) is 6.92. The standard InChI is InChI=1S/C27H20O2/c28-26(21-9-3-1-4-10-21)23-17-15-20(16-18-23)19-24-13-7-8-14-25(24)27(29)22-11-5-2-6-12-22/h1-18H,19H2. The summed E-state index contributed by atoms with van der Waals surface area (Å²) in [5.41, 5.74) is 4.77. The van der Waals surface area contributed by atoms with Crippen LogP contribution in [0.2, 0.25) is 0 Å². The summed E-state index contributed by atoms with van der Waals surface area (Å²) in [5, 5.41) is 0. The van der Waals surface area contributed by atoms with Crippen molar-refractivity contribution < 1.29 is 9.59 Å². The van der Waals surface area contributed by atoms with Gasteiger partial charge >= 0.3 is 0 Å². The molecule has 0 aliphatic rings. The van der Waals surface area contributed by atoms with Crippen molar-refractivity contribution >= 4 is 11.6 Å². The molecule has 4 aromatic rings. The summed E-state index contributed by atoms with van der Waals surface area (Å²) in [4.78, 5) is 25.5. The Labute approximate surface area is 170 Å². The smallest absolute Gasteiger partial charge is 0.193 e. The highest BCUT2D eigenvalue weighted by Crippen LogP contribution is 2.19. The summed E-state index contributed by atoms with van der Waals surface area (Å²) in [6.07, 6.45) is 0.633. The summed E-state index contributed by atoms with van der Waals surface area (Å²) < 4.78 is 0. The van der Waals surface area contributed by atoms with Gasteiger partial charge in [-0.25, -0.2) is 0 Å². The van der Waals surface area contributed by atoms with Crippen LogP contribution in [-0.2, 0) is 6.42 Å². The minimum atomic E-state index is 0.0109. The van der Waals surface area contributed by atoms with Crippen LogP contribution in [0.3, 0.4) is 0 Å². The Balaban J connectivity index is 1.56. The van der Waals surface area contributed by atoms with Gasteiger partial charge in [-0.2, -0.15) is 0 Å². The lowest BCUT2D eigenvalue weighted by Gasteiger charge is -2.10. The molecule has 2 nitrogen and oxygen atoms in total. The quantitative estimate of drug-likeness (QED) is 0.402. The molecule has 0 atom stereocenters. The van der Waals surface area contributed by atoms with Gasteiger partial charge in [-0.3, -0.25) is 9.59 Å². The van der Waals surface area contributed by atoms with E-state index in [0.29, 0.717) is 28.7 Å². The van der Waals surface area contributed by atoms with E-state index in [4.69, 9.17) is 0 Å². The molecule has 0 aliphatic heterocycles. The summed E-state index contributed by atoms with van der Waals surface area (Å²) in [6.45, 7) is 0. The average molecular weight is 376 g/mol. The number of rotatable bonds is 6. The Kier molecular flexibility index (Phi) is 5.44. The van der Waals surface area contributed by atoms with E-state index in [9.17, 15) is 9.59 Å². The number of carbonyl (C=O) groups excluding carboxylic acids is 2. The van der Waals surface area contributed by atoms with Crippen molar-refractivity contribution in [2.45, 2.75) is 6.42 Å². The summed E-state index contributed by atoms with van der Waals surface area (Å²) in [7, 11) is 0. The summed E-state index contributed by atoms with van der Waals surface area (Å²) >= 11 is 0. The number of ketones is 2. The third-order valence-corrected chi connectivity index (χ3v) is 4.94. The van der Waals surface area contributed by atoms with Gasteiger partial charge in [-0.15, -0.1) is 0 Å². The average Bonchev–Trinajstić information content (AvgIpc) is 2.80. The van der Waals surface area contributed by atoms with Crippen LogP contribution in [0.15, 0.2) is 109 Å². The normalized spacial score (nSPS) is 10.5. The van der Waals surface area contributed by atoms with Crippen LogP contribution >= 0.6 is 0 Å². The zero-order chi connectivity index (χ0) is 20.1. The van der Waals surface area contributed by atoms with Crippen LogP contribution in [0.5, 0.6) is 0 Å². The maximum absolute atomic E-state index is 12.9. The molecule has 140 valence electrons. The number of benzene rings is 4. The first-order valence-corrected chi connectivity index (χ1v) is 9.59. The Morgan fingerprint density at radius 2 is 0.966 bits per heavy atom. The minimum Gasteiger partial charge on any atom is -0.289 e. The van der Waals surface area contributed by atoms with E-state index in [1.54, 1.807) is 0 Å². The lowest BCUT2D eigenvalue weighted by molar-refractivity contribution is 0.103. The molecular weight excluding hydrogens is 356 g/mol. The second-order valence-electron chi connectivity index (χ2n) is 6.92. The Hall–Kier alpha value is -3.78. The molecule has 4 rings (SSSR count). The second kappa shape index (κ2) is 8.49. The molecule has 0 bridgehead atoms. The fourth-order valence-corrected chi connectivity index (χ4v) is 3.39. The topological polar surface area (TPSA) is 34.1 Å². The van der Waals surface area contributed by atoms with E-state index in [0.717, 1.165) is 11.1 Å². The van der Waals surface area contributed by atoms with Crippen molar-refractivity contribution in [1.82, 2.24) is 0 Å². The molecule has 0 saturated heterocycles. The first-order chi connectivity index (χ1) is 14.2. The van der Waals surface area contributed by atoms with Crippen LogP contribution in [0.25, 0.3) is 0 Å². The van der Waals surface area contributed by atoms with Crippen LogP contribution < -0.4 is 0 Å². The summed E-state index contributed by atoms with van der Waals surface area (Å²) in [5.74, 6) is 0.0360.